The molecule has 1 aromatic heterocycles. The fourth-order valence-corrected chi connectivity index (χ4v) is 3.15. The highest BCUT2D eigenvalue weighted by molar-refractivity contribution is 7.99. The number of hydrogen-bond donors (Lipinski definition) is 1. The zero-order chi connectivity index (χ0) is 14.7. The van der Waals surface area contributed by atoms with Gasteiger partial charge >= 0.3 is 0 Å². The van der Waals surface area contributed by atoms with Crippen LogP contribution in [0.1, 0.15) is 11.7 Å². The molecule has 1 N–H and O–H groups in total. The van der Waals surface area contributed by atoms with Crippen LogP contribution >= 0.6 is 11.8 Å². The summed E-state index contributed by atoms with van der Waals surface area (Å²) in [7, 11) is 0. The molecule has 0 fully saturated rings. The van der Waals surface area contributed by atoms with Crippen molar-refractivity contribution in [2.45, 2.75) is 11.0 Å². The van der Waals surface area contributed by atoms with Crippen molar-refractivity contribution >= 4 is 22.5 Å². The fourth-order valence-electron chi connectivity index (χ4n) is 2.25. The van der Waals surface area contributed by atoms with Crippen molar-refractivity contribution in [3.8, 4) is 0 Å². The van der Waals surface area contributed by atoms with Crippen molar-refractivity contribution in [2.75, 3.05) is 5.75 Å². The zero-order valence-electron chi connectivity index (χ0n) is 11.2. The van der Waals surface area contributed by atoms with Crippen LogP contribution in [0.5, 0.6) is 0 Å². The van der Waals surface area contributed by atoms with Gasteiger partial charge in [0, 0.05) is 28.4 Å². The molecule has 4 heteroatoms. The average molecular weight is 299 g/mol. The molecule has 0 spiro atoms. The van der Waals surface area contributed by atoms with Crippen LogP contribution < -0.4 is 0 Å². The Morgan fingerprint density at radius 1 is 1.14 bits per heavy atom. The number of thioether (sulfide) groups is 1. The quantitative estimate of drug-likeness (QED) is 0.733. The zero-order valence-corrected chi connectivity index (χ0v) is 12.1. The maximum absolute atomic E-state index is 13.1. The van der Waals surface area contributed by atoms with Gasteiger partial charge in [-0.15, -0.1) is 11.8 Å². The molecule has 2 nitrogen and oxygen atoms in total. The number of rotatable bonds is 4. The van der Waals surface area contributed by atoms with E-state index in [1.807, 2.05) is 30.3 Å². The molecule has 0 aliphatic carbocycles. The summed E-state index contributed by atoms with van der Waals surface area (Å²) in [4.78, 5) is 4.93. The molecule has 0 saturated heterocycles. The molecule has 0 saturated carbocycles. The molecule has 3 aromatic rings. The molecule has 0 bridgehead atoms. The molecule has 21 heavy (non-hydrogen) atoms. The van der Waals surface area contributed by atoms with E-state index in [0.29, 0.717) is 5.75 Å². The summed E-state index contributed by atoms with van der Waals surface area (Å²) in [6.07, 6.45) is 2.88. The van der Waals surface area contributed by atoms with Gasteiger partial charge in [0.1, 0.15) is 5.82 Å². The van der Waals surface area contributed by atoms with E-state index in [9.17, 15) is 9.50 Å². The molecule has 0 amide bonds. The van der Waals surface area contributed by atoms with Crippen molar-refractivity contribution in [1.82, 2.24) is 4.98 Å². The first kappa shape index (κ1) is 14.0. The molecule has 1 unspecified atom stereocenters. The Morgan fingerprint density at radius 2 is 2.00 bits per heavy atom. The number of aliphatic hydroxyl groups is 1. The van der Waals surface area contributed by atoms with Crippen molar-refractivity contribution in [1.29, 1.82) is 0 Å². The second-order valence-electron chi connectivity index (χ2n) is 4.73. The first-order valence-corrected chi connectivity index (χ1v) is 7.61. The Bertz CT molecular complexity index is 757. The Morgan fingerprint density at radius 3 is 2.86 bits per heavy atom. The van der Waals surface area contributed by atoms with Gasteiger partial charge in [-0.3, -0.25) is 4.98 Å². The maximum Gasteiger partial charge on any atom is 0.124 e. The fraction of sp³-hybridized carbons (Fsp3) is 0.118. The Kier molecular flexibility index (Phi) is 4.18. The van der Waals surface area contributed by atoms with Gasteiger partial charge in [-0.2, -0.15) is 0 Å². The molecule has 3 rings (SSSR count). The van der Waals surface area contributed by atoms with Crippen molar-refractivity contribution in [3.63, 3.8) is 0 Å². The lowest BCUT2D eigenvalue weighted by molar-refractivity contribution is 0.205. The second-order valence-corrected chi connectivity index (χ2v) is 5.82. The molecule has 1 atom stereocenters. The van der Waals surface area contributed by atoms with Crippen LogP contribution in [0, 0.1) is 5.82 Å². The summed E-state index contributed by atoms with van der Waals surface area (Å²) in [5.41, 5.74) is 0.851. The van der Waals surface area contributed by atoms with Gasteiger partial charge in [0.25, 0.3) is 0 Å². The summed E-state index contributed by atoms with van der Waals surface area (Å²) in [6, 6.07) is 14.1. The van der Waals surface area contributed by atoms with Gasteiger partial charge in [0.05, 0.1) is 6.10 Å². The normalized spacial score (nSPS) is 12.5. The SMILES string of the molecule is OC(CSc1cccc(F)c1)c1cccc2ccncc12. The third-order valence-electron chi connectivity index (χ3n) is 3.28. The summed E-state index contributed by atoms with van der Waals surface area (Å²) in [5, 5.41) is 12.4. The highest BCUT2D eigenvalue weighted by atomic mass is 32.2. The van der Waals surface area contributed by atoms with Crippen LogP contribution in [0.15, 0.2) is 65.8 Å². The number of nitrogens with zero attached hydrogens (tertiary/aromatic N) is 1. The summed E-state index contributed by atoms with van der Waals surface area (Å²) >= 11 is 1.44. The van der Waals surface area contributed by atoms with Crippen LogP contribution in [-0.2, 0) is 0 Å². The molecule has 0 radical (unpaired) electrons. The number of hydrogen-bond acceptors (Lipinski definition) is 3. The van der Waals surface area contributed by atoms with E-state index in [0.717, 1.165) is 21.2 Å². The largest absolute Gasteiger partial charge is 0.388 e. The minimum Gasteiger partial charge on any atom is -0.388 e. The van der Waals surface area contributed by atoms with Gasteiger partial charge in [0.2, 0.25) is 0 Å². The molecule has 0 aliphatic heterocycles. The number of aromatic nitrogens is 1. The lowest BCUT2D eigenvalue weighted by Crippen LogP contribution is -2.01. The smallest absolute Gasteiger partial charge is 0.124 e. The molecule has 0 aliphatic rings. The molecular weight excluding hydrogens is 285 g/mol. The van der Waals surface area contributed by atoms with Crippen LogP contribution in [0.25, 0.3) is 10.8 Å². The lowest BCUT2D eigenvalue weighted by atomic mass is 10.0. The minimum absolute atomic E-state index is 0.260. The third kappa shape index (κ3) is 3.23. The lowest BCUT2D eigenvalue weighted by Gasteiger charge is -2.13. The number of aliphatic hydroxyl groups excluding tert-OH is 1. The van der Waals surface area contributed by atoms with E-state index in [1.54, 1.807) is 18.5 Å². The predicted molar refractivity (Wildman–Crippen MR) is 83.8 cm³/mol. The first-order chi connectivity index (χ1) is 10.2. The number of benzene rings is 2. The van der Waals surface area contributed by atoms with Crippen LogP contribution in [0.4, 0.5) is 4.39 Å². The summed E-state index contributed by atoms with van der Waals surface area (Å²) in [5.74, 6) is 0.209. The maximum atomic E-state index is 13.1. The second kappa shape index (κ2) is 6.24. The van der Waals surface area contributed by atoms with Crippen LogP contribution in [0.3, 0.4) is 0 Å². The Balaban J connectivity index is 1.79. The summed E-state index contributed by atoms with van der Waals surface area (Å²) in [6.45, 7) is 0. The van der Waals surface area contributed by atoms with Gasteiger partial charge in [-0.1, -0.05) is 24.3 Å². The van der Waals surface area contributed by atoms with Crippen molar-refractivity contribution in [2.24, 2.45) is 0 Å². The third-order valence-corrected chi connectivity index (χ3v) is 4.35. The van der Waals surface area contributed by atoms with Crippen molar-refractivity contribution < 1.29 is 9.50 Å². The topological polar surface area (TPSA) is 33.1 Å². The van der Waals surface area contributed by atoms with Gasteiger partial charge in [-0.25, -0.2) is 4.39 Å². The van der Waals surface area contributed by atoms with Crippen LogP contribution in [-0.4, -0.2) is 15.8 Å². The highest BCUT2D eigenvalue weighted by Gasteiger charge is 2.12. The van der Waals surface area contributed by atoms with E-state index < -0.39 is 6.10 Å². The molecule has 1 heterocycles. The molecule has 2 aromatic carbocycles. The van der Waals surface area contributed by atoms with E-state index in [1.165, 1.54) is 23.9 Å². The van der Waals surface area contributed by atoms with Crippen molar-refractivity contribution in [3.05, 3.63) is 72.3 Å². The van der Waals surface area contributed by atoms with Gasteiger partial charge in [-0.05, 0) is 35.2 Å². The van der Waals surface area contributed by atoms with E-state index in [4.69, 9.17) is 0 Å². The van der Waals surface area contributed by atoms with E-state index >= 15 is 0 Å². The Labute approximate surface area is 126 Å². The minimum atomic E-state index is -0.619. The Hall–Kier alpha value is -1.91. The van der Waals surface area contributed by atoms with Gasteiger partial charge in [0.15, 0.2) is 0 Å². The molecule has 106 valence electrons. The first-order valence-electron chi connectivity index (χ1n) is 6.63. The highest BCUT2D eigenvalue weighted by Crippen LogP contribution is 2.29. The van der Waals surface area contributed by atoms with Crippen LogP contribution in [0.2, 0.25) is 0 Å². The van der Waals surface area contributed by atoms with E-state index in [-0.39, 0.29) is 5.82 Å². The number of fused-ring (bicyclic) bond motifs is 1. The predicted octanol–water partition coefficient (Wildman–Crippen LogP) is 4.20. The number of halogens is 1. The standard InChI is InChI=1S/C17H14FNOS/c18-13-4-2-5-14(9-13)21-11-17(20)15-6-1-3-12-7-8-19-10-16(12)15/h1-10,17,20H,11H2. The monoisotopic (exact) mass is 299 g/mol. The average Bonchev–Trinajstić information content (AvgIpc) is 2.52. The van der Waals surface area contributed by atoms with E-state index in [2.05, 4.69) is 4.98 Å². The van der Waals surface area contributed by atoms with Gasteiger partial charge < -0.3 is 5.11 Å². The molecular formula is C17H14FNOS. The summed E-state index contributed by atoms with van der Waals surface area (Å²) < 4.78 is 13.1. The number of pyridine rings is 1.